The van der Waals surface area contributed by atoms with E-state index in [1.54, 1.807) is 0 Å². The van der Waals surface area contributed by atoms with Crippen LogP contribution in [0.2, 0.25) is 10.0 Å². The molecular weight excluding hydrogens is 295 g/mol. The molecule has 108 valence electrons. The molecule has 2 heterocycles. The van der Waals surface area contributed by atoms with Gasteiger partial charge in [0.05, 0.1) is 6.54 Å². The van der Waals surface area contributed by atoms with Crippen molar-refractivity contribution < 1.29 is 0 Å². The fraction of sp³-hybridized carbons (Fsp3) is 0.500. The number of fused-ring (bicyclic) bond motifs is 1. The van der Waals surface area contributed by atoms with E-state index in [2.05, 4.69) is 27.7 Å². The first-order chi connectivity index (χ1) is 9.65. The maximum absolute atomic E-state index is 6.23. The van der Waals surface area contributed by atoms with Crippen LogP contribution in [0.5, 0.6) is 0 Å². The Labute approximate surface area is 129 Å². The number of hydrazine groups is 1. The van der Waals surface area contributed by atoms with Crippen LogP contribution in [0.25, 0.3) is 0 Å². The zero-order valence-electron chi connectivity index (χ0n) is 11.4. The van der Waals surface area contributed by atoms with Gasteiger partial charge in [0.2, 0.25) is 0 Å². The smallest absolute Gasteiger partial charge is 0.101 e. The highest BCUT2D eigenvalue weighted by Crippen LogP contribution is 2.33. The first-order valence-corrected chi connectivity index (χ1v) is 7.63. The van der Waals surface area contributed by atoms with Crippen LogP contribution in [0, 0.1) is 5.92 Å². The van der Waals surface area contributed by atoms with Gasteiger partial charge < -0.3 is 5.32 Å². The van der Waals surface area contributed by atoms with Crippen LogP contribution in [-0.2, 0) is 13.1 Å². The maximum Gasteiger partial charge on any atom is 0.101 e. The van der Waals surface area contributed by atoms with Gasteiger partial charge >= 0.3 is 0 Å². The van der Waals surface area contributed by atoms with Crippen LogP contribution in [-0.4, -0.2) is 30.5 Å². The average Bonchev–Trinajstić information content (AvgIpc) is 3.09. The topological polar surface area (TPSA) is 39.7 Å². The Bertz CT molecular complexity index is 513. The molecule has 3 rings (SSSR count). The number of aliphatic imine (C=N–C) groups is 1. The normalized spacial score (nSPS) is 19.6. The third-order valence-electron chi connectivity index (χ3n) is 3.80. The van der Waals surface area contributed by atoms with Crippen molar-refractivity contribution in [3.8, 4) is 0 Å². The van der Waals surface area contributed by atoms with Crippen LogP contribution >= 0.6 is 23.2 Å². The fourth-order valence-corrected chi connectivity index (χ4v) is 3.11. The molecule has 1 aromatic rings. The molecule has 6 heteroatoms. The number of nitrogens with zero attached hydrogens (tertiary/aromatic N) is 2. The van der Waals surface area contributed by atoms with Crippen molar-refractivity contribution in [3.63, 3.8) is 0 Å². The number of hydrogen-bond acceptors (Lipinski definition) is 4. The van der Waals surface area contributed by atoms with Crippen LogP contribution in [0.15, 0.2) is 17.1 Å². The van der Waals surface area contributed by atoms with Crippen molar-refractivity contribution in [1.29, 1.82) is 0 Å². The minimum absolute atomic E-state index is 0.382. The molecule has 0 saturated heterocycles. The Balaban J connectivity index is 1.59. The molecule has 0 spiro atoms. The first-order valence-electron chi connectivity index (χ1n) is 6.87. The van der Waals surface area contributed by atoms with E-state index in [0.29, 0.717) is 5.92 Å². The van der Waals surface area contributed by atoms with Gasteiger partial charge in [0, 0.05) is 42.1 Å². The Morgan fingerprint density at radius 1 is 1.30 bits per heavy atom. The van der Waals surface area contributed by atoms with Gasteiger partial charge in [-0.3, -0.25) is 10.4 Å². The van der Waals surface area contributed by atoms with Crippen molar-refractivity contribution in [2.45, 2.75) is 20.0 Å². The van der Waals surface area contributed by atoms with Gasteiger partial charge in [-0.2, -0.15) is 0 Å². The van der Waals surface area contributed by atoms with E-state index in [1.807, 2.05) is 12.1 Å². The number of benzene rings is 1. The lowest BCUT2D eigenvalue weighted by atomic mass is 10.1. The van der Waals surface area contributed by atoms with Gasteiger partial charge in [-0.25, -0.2) is 5.01 Å². The molecule has 0 aliphatic carbocycles. The van der Waals surface area contributed by atoms with Crippen LogP contribution in [0.1, 0.15) is 18.1 Å². The summed E-state index contributed by atoms with van der Waals surface area (Å²) in [5, 5.41) is 7.07. The summed E-state index contributed by atoms with van der Waals surface area (Å²) in [7, 11) is 0. The van der Waals surface area contributed by atoms with Crippen molar-refractivity contribution in [3.05, 3.63) is 33.3 Å². The lowest BCUT2D eigenvalue weighted by molar-refractivity contribution is 0.185. The average molecular weight is 313 g/mol. The summed E-state index contributed by atoms with van der Waals surface area (Å²) in [5.41, 5.74) is 5.72. The third kappa shape index (κ3) is 2.79. The van der Waals surface area contributed by atoms with E-state index in [1.165, 1.54) is 0 Å². The number of nitrogens with one attached hydrogen (secondary N) is 2. The van der Waals surface area contributed by atoms with E-state index in [-0.39, 0.29) is 0 Å². The highest BCUT2D eigenvalue weighted by atomic mass is 35.5. The van der Waals surface area contributed by atoms with Crippen molar-refractivity contribution in [2.24, 2.45) is 10.9 Å². The van der Waals surface area contributed by atoms with Gasteiger partial charge in [0.25, 0.3) is 0 Å². The molecule has 1 aromatic carbocycles. The van der Waals surface area contributed by atoms with Crippen molar-refractivity contribution in [2.75, 3.05) is 19.6 Å². The minimum atomic E-state index is 0.382. The first kappa shape index (κ1) is 14.1. The fourth-order valence-electron chi connectivity index (χ4n) is 2.64. The second-order valence-corrected chi connectivity index (χ2v) is 6.11. The number of rotatable bonds is 4. The molecule has 0 bridgehead atoms. The monoisotopic (exact) mass is 312 g/mol. The molecule has 20 heavy (non-hydrogen) atoms. The summed E-state index contributed by atoms with van der Waals surface area (Å²) >= 11 is 12.5. The van der Waals surface area contributed by atoms with Gasteiger partial charge in [-0.15, -0.1) is 0 Å². The van der Waals surface area contributed by atoms with E-state index in [9.17, 15) is 0 Å². The molecule has 4 nitrogen and oxygen atoms in total. The standard InChI is InChI=1S/C14H18Cl2N4/c1-9(14-17-4-5-18-14)6-19-20-7-10-11(8-20)13(16)3-2-12(10)15/h2-3,9,19H,4-8H2,1H3,(H,17,18). The molecule has 0 fully saturated rings. The maximum atomic E-state index is 6.23. The second kappa shape index (κ2) is 5.90. The molecule has 1 unspecified atom stereocenters. The third-order valence-corrected chi connectivity index (χ3v) is 4.51. The summed E-state index contributed by atoms with van der Waals surface area (Å²) in [6, 6.07) is 3.73. The van der Waals surface area contributed by atoms with Crippen LogP contribution < -0.4 is 10.7 Å². The van der Waals surface area contributed by atoms with E-state index in [4.69, 9.17) is 23.2 Å². The number of hydrogen-bond donors (Lipinski definition) is 2. The zero-order valence-corrected chi connectivity index (χ0v) is 12.9. The predicted molar refractivity (Wildman–Crippen MR) is 83.2 cm³/mol. The van der Waals surface area contributed by atoms with Gasteiger partial charge in [0.15, 0.2) is 0 Å². The predicted octanol–water partition coefficient (Wildman–Crippen LogP) is 2.45. The summed E-state index contributed by atoms with van der Waals surface area (Å²) in [6.45, 7) is 6.46. The molecular formula is C14H18Cl2N4. The minimum Gasteiger partial charge on any atom is -0.372 e. The largest absolute Gasteiger partial charge is 0.372 e. The lowest BCUT2D eigenvalue weighted by Gasteiger charge is -2.20. The molecule has 0 amide bonds. The summed E-state index contributed by atoms with van der Waals surface area (Å²) in [4.78, 5) is 4.45. The quantitative estimate of drug-likeness (QED) is 0.897. The Kier molecular flexibility index (Phi) is 4.17. The summed E-state index contributed by atoms with van der Waals surface area (Å²) in [6.07, 6.45) is 0. The Morgan fingerprint density at radius 3 is 2.50 bits per heavy atom. The summed E-state index contributed by atoms with van der Waals surface area (Å²) < 4.78 is 0. The number of amidine groups is 1. The summed E-state index contributed by atoms with van der Waals surface area (Å²) in [5.74, 6) is 1.48. The molecule has 0 radical (unpaired) electrons. The Morgan fingerprint density at radius 2 is 1.95 bits per heavy atom. The van der Waals surface area contributed by atoms with Crippen LogP contribution in [0.4, 0.5) is 0 Å². The van der Waals surface area contributed by atoms with E-state index in [0.717, 1.165) is 59.7 Å². The Hall–Kier alpha value is -0.810. The molecule has 0 aromatic heterocycles. The van der Waals surface area contributed by atoms with E-state index < -0.39 is 0 Å². The van der Waals surface area contributed by atoms with E-state index >= 15 is 0 Å². The highest BCUT2D eigenvalue weighted by molar-refractivity contribution is 6.34. The van der Waals surface area contributed by atoms with Gasteiger partial charge in [-0.1, -0.05) is 30.1 Å². The molecule has 2 aliphatic heterocycles. The number of halogens is 2. The zero-order chi connectivity index (χ0) is 14.1. The molecule has 1 atom stereocenters. The lowest BCUT2D eigenvalue weighted by Crippen LogP contribution is -2.40. The van der Waals surface area contributed by atoms with Gasteiger partial charge in [0.1, 0.15) is 5.84 Å². The SMILES string of the molecule is CC(CNN1Cc2c(Cl)ccc(Cl)c2C1)C1=NCCN1. The van der Waals surface area contributed by atoms with Crippen molar-refractivity contribution >= 4 is 29.0 Å². The molecule has 2 N–H and O–H groups in total. The molecule has 0 saturated carbocycles. The van der Waals surface area contributed by atoms with Crippen molar-refractivity contribution in [1.82, 2.24) is 15.8 Å². The highest BCUT2D eigenvalue weighted by Gasteiger charge is 2.24. The molecule has 2 aliphatic rings. The second-order valence-electron chi connectivity index (χ2n) is 5.30. The van der Waals surface area contributed by atoms with Crippen LogP contribution in [0.3, 0.4) is 0 Å². The van der Waals surface area contributed by atoms with Gasteiger partial charge in [-0.05, 0) is 23.3 Å².